The zero-order valence-corrected chi connectivity index (χ0v) is 20.6. The highest BCUT2D eigenvalue weighted by atomic mass is 16.5. The molecule has 5 unspecified atom stereocenters. The number of ether oxygens (including phenoxy) is 2. The number of imide groups is 1. The van der Waals surface area contributed by atoms with E-state index in [1.165, 1.54) is 11.0 Å². The van der Waals surface area contributed by atoms with Crippen molar-refractivity contribution in [2.45, 2.75) is 56.6 Å². The molecule has 8 nitrogen and oxygen atoms in total. The van der Waals surface area contributed by atoms with E-state index in [-0.39, 0.29) is 28.9 Å². The predicted octanol–water partition coefficient (Wildman–Crippen LogP) is 4.21. The van der Waals surface area contributed by atoms with Crippen molar-refractivity contribution in [2.75, 3.05) is 6.61 Å². The Hall–Kier alpha value is -4.04. The summed E-state index contributed by atoms with van der Waals surface area (Å²) in [5.41, 5.74) is -1.07. The zero-order valence-electron chi connectivity index (χ0n) is 20.6. The quantitative estimate of drug-likeness (QED) is 0.477. The smallest absolute Gasteiger partial charge is 0.262 e. The van der Waals surface area contributed by atoms with E-state index in [9.17, 15) is 20.0 Å². The van der Waals surface area contributed by atoms with Crippen LogP contribution in [-0.4, -0.2) is 39.6 Å². The van der Waals surface area contributed by atoms with Gasteiger partial charge in [0, 0.05) is 12.0 Å². The van der Waals surface area contributed by atoms with E-state index < -0.39 is 28.9 Å². The third-order valence-corrected chi connectivity index (χ3v) is 8.80. The van der Waals surface area contributed by atoms with Crippen LogP contribution < -0.4 is 4.74 Å². The van der Waals surface area contributed by atoms with E-state index in [0.29, 0.717) is 30.8 Å². The molecule has 2 fully saturated rings. The van der Waals surface area contributed by atoms with Crippen LogP contribution in [0.2, 0.25) is 0 Å². The van der Waals surface area contributed by atoms with Crippen molar-refractivity contribution >= 4 is 11.8 Å². The lowest BCUT2D eigenvalue weighted by atomic mass is 9.61. The average molecular weight is 498 g/mol. The highest BCUT2D eigenvalue weighted by Crippen LogP contribution is 2.58. The predicted molar refractivity (Wildman–Crippen MR) is 130 cm³/mol. The average Bonchev–Trinajstić information content (AvgIpc) is 3.49. The van der Waals surface area contributed by atoms with Gasteiger partial charge >= 0.3 is 0 Å². The van der Waals surface area contributed by atoms with Gasteiger partial charge in [-0.25, -0.2) is 0 Å². The fourth-order valence-electron chi connectivity index (χ4n) is 6.98. The SMILES string of the molecule is CC12OC(=C3C(=O)N(C4(C#N)C5=CCCCC5CCC4CCOc4ccc(C#N)cc4)C(=O)C31)C=C2O. The van der Waals surface area contributed by atoms with Gasteiger partial charge in [0.1, 0.15) is 23.2 Å². The van der Waals surface area contributed by atoms with Crippen molar-refractivity contribution in [3.8, 4) is 17.9 Å². The number of benzene rings is 1. The molecule has 1 saturated carbocycles. The Kier molecular flexibility index (Phi) is 5.21. The fraction of sp³-hybridized carbons (Fsp3) is 0.448. The molecule has 3 heterocycles. The number of aliphatic hydroxyl groups excluding tert-OH is 1. The number of rotatable bonds is 5. The fourth-order valence-corrected chi connectivity index (χ4v) is 6.98. The van der Waals surface area contributed by atoms with Crippen molar-refractivity contribution in [1.29, 1.82) is 10.5 Å². The number of likely N-dealkylation sites (tertiary alicyclic amines) is 1. The molecule has 1 saturated heterocycles. The Bertz CT molecular complexity index is 1380. The van der Waals surface area contributed by atoms with E-state index in [1.807, 2.05) is 0 Å². The van der Waals surface area contributed by atoms with Crippen molar-refractivity contribution in [1.82, 2.24) is 4.90 Å². The minimum atomic E-state index is -1.41. The first-order valence-electron chi connectivity index (χ1n) is 12.8. The normalized spacial score (nSPS) is 33.7. The molecule has 1 aromatic rings. The van der Waals surface area contributed by atoms with Crippen LogP contribution in [0.15, 0.2) is 59.1 Å². The number of hydrogen-bond donors (Lipinski definition) is 1. The van der Waals surface area contributed by atoms with Crippen LogP contribution >= 0.6 is 0 Å². The third kappa shape index (κ3) is 3.12. The second kappa shape index (κ2) is 8.24. The molecule has 188 valence electrons. The maximum atomic E-state index is 14.0. The van der Waals surface area contributed by atoms with Crippen LogP contribution in [0.1, 0.15) is 51.0 Å². The van der Waals surface area contributed by atoms with E-state index >= 15 is 0 Å². The van der Waals surface area contributed by atoms with Crippen LogP contribution in [0.25, 0.3) is 0 Å². The number of aliphatic hydroxyl groups is 1. The molecular formula is C29H27N3O5. The summed E-state index contributed by atoms with van der Waals surface area (Å²) in [5.74, 6) is -1.32. The zero-order chi connectivity index (χ0) is 25.9. The van der Waals surface area contributed by atoms with Gasteiger partial charge in [-0.2, -0.15) is 10.5 Å². The van der Waals surface area contributed by atoms with Gasteiger partial charge in [0.15, 0.2) is 11.1 Å². The van der Waals surface area contributed by atoms with Gasteiger partial charge in [-0.15, -0.1) is 0 Å². The summed E-state index contributed by atoms with van der Waals surface area (Å²) in [6, 6.07) is 11.4. The number of carbonyl (C=O) groups excluding carboxylic acids is 2. The maximum Gasteiger partial charge on any atom is 0.262 e. The van der Waals surface area contributed by atoms with E-state index in [2.05, 4.69) is 18.2 Å². The van der Waals surface area contributed by atoms with Crippen molar-refractivity contribution in [3.05, 3.63) is 64.6 Å². The van der Waals surface area contributed by atoms with Crippen molar-refractivity contribution in [2.24, 2.45) is 17.8 Å². The summed E-state index contributed by atoms with van der Waals surface area (Å²) >= 11 is 0. The Balaban J connectivity index is 1.35. The molecule has 8 heteroatoms. The molecule has 6 rings (SSSR count). The number of hydrogen-bond acceptors (Lipinski definition) is 7. The molecule has 2 aliphatic carbocycles. The molecule has 37 heavy (non-hydrogen) atoms. The molecule has 1 N–H and O–H groups in total. The number of nitriles is 2. The summed E-state index contributed by atoms with van der Waals surface area (Å²) in [5, 5.41) is 30.3. The van der Waals surface area contributed by atoms with Crippen molar-refractivity contribution < 1.29 is 24.2 Å². The number of amides is 2. The first kappa shape index (κ1) is 23.4. The topological polar surface area (TPSA) is 124 Å². The standard InChI is InChI=1S/C29H27N3O5/c1-28-23(33)14-22(37-28)24-25(28)27(35)32(26(24)34)29(16-31)19(9-8-18-4-2-3-5-21(18)29)12-13-36-20-10-6-17(15-30)7-11-20/h5-7,10-11,14,18-19,25,33H,2-4,8-9,12-13H2,1H3. The van der Waals surface area contributed by atoms with Crippen LogP contribution in [0.4, 0.5) is 0 Å². The number of fused-ring (bicyclic) bond motifs is 5. The molecule has 3 aliphatic heterocycles. The molecule has 0 spiro atoms. The molecule has 2 bridgehead atoms. The first-order valence-corrected chi connectivity index (χ1v) is 12.8. The van der Waals surface area contributed by atoms with Gasteiger partial charge in [-0.3, -0.25) is 14.5 Å². The van der Waals surface area contributed by atoms with Gasteiger partial charge < -0.3 is 14.6 Å². The van der Waals surface area contributed by atoms with Gasteiger partial charge in [0.05, 0.1) is 29.9 Å². The van der Waals surface area contributed by atoms with Crippen LogP contribution in [0.5, 0.6) is 5.75 Å². The molecule has 5 atom stereocenters. The maximum absolute atomic E-state index is 14.0. The highest BCUT2D eigenvalue weighted by molar-refractivity contribution is 6.18. The van der Waals surface area contributed by atoms with Crippen LogP contribution in [0, 0.1) is 40.4 Å². The summed E-state index contributed by atoms with van der Waals surface area (Å²) in [6.07, 6.45) is 8.30. The summed E-state index contributed by atoms with van der Waals surface area (Å²) < 4.78 is 11.7. The van der Waals surface area contributed by atoms with Gasteiger partial charge in [-0.05, 0) is 81.2 Å². The number of nitrogens with zero attached hydrogens (tertiary/aromatic N) is 3. The summed E-state index contributed by atoms with van der Waals surface area (Å²) in [4.78, 5) is 29.1. The Morgan fingerprint density at radius 3 is 2.70 bits per heavy atom. The van der Waals surface area contributed by atoms with Crippen LogP contribution in [0.3, 0.4) is 0 Å². The lowest BCUT2D eigenvalue weighted by Crippen LogP contribution is -2.61. The van der Waals surface area contributed by atoms with Gasteiger partial charge in [-0.1, -0.05) is 6.08 Å². The first-order chi connectivity index (χ1) is 17.8. The third-order valence-electron chi connectivity index (χ3n) is 8.80. The lowest BCUT2D eigenvalue weighted by Gasteiger charge is -2.50. The minimum absolute atomic E-state index is 0.0731. The molecule has 5 aliphatic rings. The lowest BCUT2D eigenvalue weighted by molar-refractivity contribution is -0.149. The second-order valence-electron chi connectivity index (χ2n) is 10.6. The minimum Gasteiger partial charge on any atom is -0.508 e. The largest absolute Gasteiger partial charge is 0.508 e. The van der Waals surface area contributed by atoms with E-state index in [4.69, 9.17) is 14.7 Å². The monoisotopic (exact) mass is 497 g/mol. The van der Waals surface area contributed by atoms with E-state index in [1.54, 1.807) is 31.2 Å². The Morgan fingerprint density at radius 2 is 1.97 bits per heavy atom. The molecule has 0 radical (unpaired) electrons. The number of carbonyl (C=O) groups is 2. The molecular weight excluding hydrogens is 470 g/mol. The van der Waals surface area contributed by atoms with Gasteiger partial charge in [0.25, 0.3) is 5.91 Å². The summed E-state index contributed by atoms with van der Waals surface area (Å²) in [6.45, 7) is 1.92. The Morgan fingerprint density at radius 1 is 1.19 bits per heavy atom. The van der Waals surface area contributed by atoms with Crippen LogP contribution in [-0.2, 0) is 14.3 Å². The molecule has 0 aromatic heterocycles. The summed E-state index contributed by atoms with van der Waals surface area (Å²) in [7, 11) is 0. The van der Waals surface area contributed by atoms with E-state index in [0.717, 1.165) is 31.3 Å². The van der Waals surface area contributed by atoms with Gasteiger partial charge in [0.2, 0.25) is 5.91 Å². The second-order valence-corrected chi connectivity index (χ2v) is 10.6. The highest BCUT2D eigenvalue weighted by Gasteiger charge is 2.69. The Labute approximate surface area is 215 Å². The molecule has 2 amide bonds. The number of allylic oxidation sites excluding steroid dienone is 2. The van der Waals surface area contributed by atoms with Crippen molar-refractivity contribution in [3.63, 3.8) is 0 Å². The molecule has 1 aromatic carbocycles.